The number of fused-ring (bicyclic) bond motifs is 2. The maximum Gasteiger partial charge on any atom is 0.227 e. The second kappa shape index (κ2) is 7.38. The molecular weight excluding hydrogens is 346 g/mol. The molecule has 3 heterocycles. The monoisotopic (exact) mass is 373 g/mol. The van der Waals surface area contributed by atoms with Gasteiger partial charge >= 0.3 is 0 Å². The molecule has 3 fully saturated rings. The van der Waals surface area contributed by atoms with Gasteiger partial charge in [-0.05, 0) is 25.7 Å². The van der Waals surface area contributed by atoms with Crippen molar-refractivity contribution in [3.05, 3.63) is 18.2 Å². The summed E-state index contributed by atoms with van der Waals surface area (Å²) in [7, 11) is 3.15. The van der Waals surface area contributed by atoms with Crippen LogP contribution < -0.4 is 25.0 Å². The minimum atomic E-state index is -0.317. The molecule has 146 valence electrons. The Labute approximate surface area is 159 Å². The van der Waals surface area contributed by atoms with Crippen molar-refractivity contribution in [2.24, 2.45) is 5.92 Å². The molecule has 3 saturated heterocycles. The van der Waals surface area contributed by atoms with E-state index in [9.17, 15) is 9.59 Å². The minimum Gasteiger partial charge on any atom is -0.497 e. The summed E-state index contributed by atoms with van der Waals surface area (Å²) in [6.07, 6.45) is 4.61. The van der Waals surface area contributed by atoms with Crippen molar-refractivity contribution in [1.82, 2.24) is 10.6 Å². The van der Waals surface area contributed by atoms with E-state index >= 15 is 0 Å². The molecule has 3 aliphatic heterocycles. The van der Waals surface area contributed by atoms with E-state index in [1.54, 1.807) is 37.3 Å². The Morgan fingerprint density at radius 1 is 1.11 bits per heavy atom. The lowest BCUT2D eigenvalue weighted by Gasteiger charge is -2.30. The maximum atomic E-state index is 12.8. The number of rotatable bonds is 5. The molecule has 7 nitrogen and oxygen atoms in total. The highest BCUT2D eigenvalue weighted by molar-refractivity contribution is 6.00. The molecule has 0 saturated carbocycles. The fourth-order valence-electron chi connectivity index (χ4n) is 4.58. The number of carbonyl (C=O) groups is 2. The largest absolute Gasteiger partial charge is 0.497 e. The molecule has 2 bridgehead atoms. The number of nitrogens with zero attached hydrogens (tertiary/aromatic N) is 1. The maximum absolute atomic E-state index is 12.8. The first kappa shape index (κ1) is 18.1. The van der Waals surface area contributed by atoms with Crippen LogP contribution in [0.15, 0.2) is 18.2 Å². The fourth-order valence-corrected chi connectivity index (χ4v) is 4.58. The summed E-state index contributed by atoms with van der Waals surface area (Å²) in [6.45, 7) is 0.388. The van der Waals surface area contributed by atoms with Crippen molar-refractivity contribution < 1.29 is 19.1 Å². The first-order valence-corrected chi connectivity index (χ1v) is 9.65. The summed E-state index contributed by atoms with van der Waals surface area (Å²) in [4.78, 5) is 27.0. The topological polar surface area (TPSA) is 79.9 Å². The van der Waals surface area contributed by atoms with Crippen molar-refractivity contribution in [3.8, 4) is 11.5 Å². The molecule has 4 rings (SSSR count). The third-order valence-corrected chi connectivity index (χ3v) is 5.96. The zero-order chi connectivity index (χ0) is 19.0. The Bertz CT molecular complexity index is 704. The van der Waals surface area contributed by atoms with Gasteiger partial charge in [-0.2, -0.15) is 0 Å². The Balaban J connectivity index is 1.42. The van der Waals surface area contributed by atoms with Gasteiger partial charge in [0.25, 0.3) is 0 Å². The van der Waals surface area contributed by atoms with E-state index in [-0.39, 0.29) is 30.2 Å². The molecule has 27 heavy (non-hydrogen) atoms. The smallest absolute Gasteiger partial charge is 0.227 e. The van der Waals surface area contributed by atoms with E-state index in [1.807, 2.05) is 0 Å². The quantitative estimate of drug-likeness (QED) is 0.817. The second-order valence-corrected chi connectivity index (χ2v) is 7.79. The number of ether oxygens (including phenoxy) is 2. The van der Waals surface area contributed by atoms with Crippen LogP contribution in [0, 0.1) is 5.92 Å². The molecule has 0 spiro atoms. The predicted octanol–water partition coefficient (Wildman–Crippen LogP) is 1.46. The molecule has 2 amide bonds. The van der Waals surface area contributed by atoms with E-state index in [0.29, 0.717) is 35.8 Å². The number of anilines is 1. The molecule has 0 radical (unpaired) electrons. The highest BCUT2D eigenvalue weighted by Gasteiger charge is 2.38. The van der Waals surface area contributed by atoms with Gasteiger partial charge in [-0.3, -0.25) is 9.59 Å². The van der Waals surface area contributed by atoms with Crippen LogP contribution in [0.5, 0.6) is 11.5 Å². The SMILES string of the molecule is COc1cc(OC)cc(N2CC(C(=O)NC3CC4CCC(C3)N4)CC2=O)c1. The predicted molar refractivity (Wildman–Crippen MR) is 101 cm³/mol. The summed E-state index contributed by atoms with van der Waals surface area (Å²) < 4.78 is 10.6. The molecule has 1 aromatic rings. The van der Waals surface area contributed by atoms with Gasteiger partial charge in [-0.15, -0.1) is 0 Å². The summed E-state index contributed by atoms with van der Waals surface area (Å²) in [5.74, 6) is 0.871. The lowest BCUT2D eigenvalue weighted by atomic mass is 9.98. The van der Waals surface area contributed by atoms with Gasteiger partial charge in [0.15, 0.2) is 0 Å². The van der Waals surface area contributed by atoms with Gasteiger partial charge in [0.2, 0.25) is 11.8 Å². The van der Waals surface area contributed by atoms with Crippen LogP contribution in [-0.2, 0) is 9.59 Å². The van der Waals surface area contributed by atoms with Crippen molar-refractivity contribution in [2.75, 3.05) is 25.7 Å². The summed E-state index contributed by atoms with van der Waals surface area (Å²) in [6, 6.07) is 6.63. The highest BCUT2D eigenvalue weighted by Crippen LogP contribution is 2.33. The first-order valence-electron chi connectivity index (χ1n) is 9.65. The number of hydrogen-bond acceptors (Lipinski definition) is 5. The van der Waals surface area contributed by atoms with Crippen LogP contribution in [0.3, 0.4) is 0 Å². The zero-order valence-corrected chi connectivity index (χ0v) is 15.9. The van der Waals surface area contributed by atoms with Crippen LogP contribution in [-0.4, -0.2) is 50.7 Å². The molecule has 1 aromatic carbocycles. The zero-order valence-electron chi connectivity index (χ0n) is 15.9. The van der Waals surface area contributed by atoms with Crippen molar-refractivity contribution in [2.45, 2.75) is 50.2 Å². The van der Waals surface area contributed by atoms with Crippen LogP contribution in [0.25, 0.3) is 0 Å². The van der Waals surface area contributed by atoms with Gasteiger partial charge < -0.3 is 25.0 Å². The molecule has 0 aliphatic carbocycles. The average molecular weight is 373 g/mol. The van der Waals surface area contributed by atoms with Crippen LogP contribution in [0.2, 0.25) is 0 Å². The normalized spacial score (nSPS) is 29.7. The molecule has 0 aromatic heterocycles. The van der Waals surface area contributed by atoms with Gasteiger partial charge in [-0.25, -0.2) is 0 Å². The molecular formula is C20H27N3O4. The molecule has 2 N–H and O–H groups in total. The van der Waals surface area contributed by atoms with Gasteiger partial charge in [0.1, 0.15) is 11.5 Å². The van der Waals surface area contributed by atoms with E-state index in [0.717, 1.165) is 12.8 Å². The first-order chi connectivity index (χ1) is 13.1. The summed E-state index contributed by atoms with van der Waals surface area (Å²) >= 11 is 0. The van der Waals surface area contributed by atoms with Gasteiger partial charge in [0, 0.05) is 49.3 Å². The molecule has 3 aliphatic rings. The number of piperidine rings is 1. The van der Waals surface area contributed by atoms with Gasteiger partial charge in [0.05, 0.1) is 25.8 Å². The second-order valence-electron chi connectivity index (χ2n) is 7.79. The average Bonchev–Trinajstić information content (AvgIpc) is 3.23. The lowest BCUT2D eigenvalue weighted by Crippen LogP contribution is -2.49. The van der Waals surface area contributed by atoms with Gasteiger partial charge in [-0.1, -0.05) is 0 Å². The number of nitrogens with one attached hydrogen (secondary N) is 2. The van der Waals surface area contributed by atoms with E-state index in [4.69, 9.17) is 9.47 Å². The number of benzene rings is 1. The summed E-state index contributed by atoms with van der Waals surface area (Å²) in [5.41, 5.74) is 0.700. The number of carbonyl (C=O) groups excluding carboxylic acids is 2. The Kier molecular flexibility index (Phi) is 4.95. The van der Waals surface area contributed by atoms with Crippen molar-refractivity contribution in [1.29, 1.82) is 0 Å². The van der Waals surface area contributed by atoms with Crippen LogP contribution >= 0.6 is 0 Å². The van der Waals surface area contributed by atoms with Crippen LogP contribution in [0.4, 0.5) is 5.69 Å². The highest BCUT2D eigenvalue weighted by atomic mass is 16.5. The minimum absolute atomic E-state index is 0.00740. The number of methoxy groups -OCH3 is 2. The Morgan fingerprint density at radius 3 is 2.33 bits per heavy atom. The fraction of sp³-hybridized carbons (Fsp3) is 0.600. The third-order valence-electron chi connectivity index (χ3n) is 5.96. The van der Waals surface area contributed by atoms with E-state index in [2.05, 4.69) is 10.6 Å². The molecule has 7 heteroatoms. The third kappa shape index (κ3) is 3.74. The van der Waals surface area contributed by atoms with E-state index < -0.39 is 0 Å². The Hall–Kier alpha value is -2.28. The number of hydrogen-bond donors (Lipinski definition) is 2. The molecule has 3 unspecified atom stereocenters. The molecule has 3 atom stereocenters. The van der Waals surface area contributed by atoms with E-state index in [1.165, 1.54) is 12.8 Å². The lowest BCUT2D eigenvalue weighted by molar-refractivity contribution is -0.127. The Morgan fingerprint density at radius 2 is 1.74 bits per heavy atom. The summed E-state index contributed by atoms with van der Waals surface area (Å²) in [5, 5.41) is 6.78. The van der Waals surface area contributed by atoms with Crippen molar-refractivity contribution >= 4 is 17.5 Å². The number of amides is 2. The van der Waals surface area contributed by atoms with Crippen LogP contribution in [0.1, 0.15) is 32.1 Å². The van der Waals surface area contributed by atoms with Crippen molar-refractivity contribution in [3.63, 3.8) is 0 Å². The standard InChI is InChI=1S/C20H27N3O4/c1-26-17-8-16(9-18(10-17)27-2)23-11-12(5-19(23)24)20(25)22-15-6-13-3-4-14(7-15)21-13/h8-10,12-15,21H,3-7,11H2,1-2H3,(H,22,25).